The number of rotatable bonds is 12. The van der Waals surface area contributed by atoms with Gasteiger partial charge in [-0.1, -0.05) is 29.4 Å². The number of tetrazole rings is 1. The molecule has 0 unspecified atom stereocenters. The van der Waals surface area contributed by atoms with Gasteiger partial charge in [-0.3, -0.25) is 0 Å². The van der Waals surface area contributed by atoms with E-state index in [1.54, 1.807) is 7.11 Å². The molecular formula is C20H26N6O3. The number of nitrogens with one attached hydrogen (secondary N) is 2. The topological polar surface area (TPSA) is 106 Å². The molecule has 0 aliphatic carbocycles. The van der Waals surface area contributed by atoms with E-state index in [9.17, 15) is 0 Å². The van der Waals surface area contributed by atoms with E-state index in [0.29, 0.717) is 18.0 Å². The van der Waals surface area contributed by atoms with Crippen LogP contribution in [0.2, 0.25) is 0 Å². The summed E-state index contributed by atoms with van der Waals surface area (Å²) in [4.78, 5) is 0. The third-order valence-electron chi connectivity index (χ3n) is 4.20. The van der Waals surface area contributed by atoms with Gasteiger partial charge in [-0.25, -0.2) is 0 Å². The molecule has 0 saturated heterocycles. The van der Waals surface area contributed by atoms with Crippen molar-refractivity contribution in [3.8, 4) is 23.2 Å². The first kappa shape index (κ1) is 20.7. The minimum Gasteiger partial charge on any atom is -0.493 e. The highest BCUT2D eigenvalue weighted by Crippen LogP contribution is 2.32. The summed E-state index contributed by atoms with van der Waals surface area (Å²) in [6.45, 7) is 3.27. The van der Waals surface area contributed by atoms with Crippen LogP contribution >= 0.6 is 0 Å². The molecule has 0 saturated carbocycles. The highest BCUT2D eigenvalue weighted by molar-refractivity contribution is 5.44. The molecule has 1 aromatic heterocycles. The van der Waals surface area contributed by atoms with Gasteiger partial charge in [-0.2, -0.15) is 4.68 Å². The number of aromatic nitrogens is 4. The smallest absolute Gasteiger partial charge is 0.346 e. The Balaban J connectivity index is 1.60. The van der Waals surface area contributed by atoms with Crippen LogP contribution in [0.1, 0.15) is 12.0 Å². The van der Waals surface area contributed by atoms with Gasteiger partial charge in [0.25, 0.3) is 0 Å². The Morgan fingerprint density at radius 3 is 2.62 bits per heavy atom. The van der Waals surface area contributed by atoms with Crippen LogP contribution in [0.15, 0.2) is 48.5 Å². The predicted octanol–water partition coefficient (Wildman–Crippen LogP) is 1.52. The molecule has 0 amide bonds. The van der Waals surface area contributed by atoms with Crippen LogP contribution in [0.5, 0.6) is 17.5 Å². The average molecular weight is 398 g/mol. The number of aliphatic hydroxyl groups is 1. The van der Waals surface area contributed by atoms with Crippen LogP contribution in [0.25, 0.3) is 5.69 Å². The van der Waals surface area contributed by atoms with Gasteiger partial charge in [0.05, 0.1) is 19.4 Å². The van der Waals surface area contributed by atoms with E-state index >= 15 is 0 Å². The van der Waals surface area contributed by atoms with Crippen molar-refractivity contribution in [2.45, 2.75) is 13.0 Å². The number of hydrogen-bond acceptors (Lipinski definition) is 8. The van der Waals surface area contributed by atoms with Crippen molar-refractivity contribution >= 4 is 0 Å². The lowest BCUT2D eigenvalue weighted by Gasteiger charge is -2.12. The molecule has 0 bridgehead atoms. The molecule has 0 aliphatic rings. The summed E-state index contributed by atoms with van der Waals surface area (Å²) >= 11 is 0. The minimum absolute atomic E-state index is 0.166. The van der Waals surface area contributed by atoms with Gasteiger partial charge in [-0.15, -0.1) is 0 Å². The summed E-state index contributed by atoms with van der Waals surface area (Å²) < 4.78 is 12.9. The first-order chi connectivity index (χ1) is 14.3. The van der Waals surface area contributed by atoms with Gasteiger partial charge in [0.1, 0.15) is 0 Å². The predicted molar refractivity (Wildman–Crippen MR) is 109 cm³/mol. The molecule has 3 rings (SSSR count). The standard InChI is InChI=1S/C20H26N6O3/c1-28-19-14-16(15-22-11-5-10-21-12-13-27)8-9-18(19)29-20-23-24-25-26(20)17-6-3-2-4-7-17/h2-4,6-9,14,21-22,27H,5,10-13,15H2,1H3. The fraction of sp³-hybridized carbons (Fsp3) is 0.350. The molecule has 0 spiro atoms. The molecule has 0 aliphatic heterocycles. The van der Waals surface area contributed by atoms with Gasteiger partial charge in [0.2, 0.25) is 0 Å². The largest absolute Gasteiger partial charge is 0.493 e. The molecule has 0 atom stereocenters. The second-order valence-corrected chi connectivity index (χ2v) is 6.30. The second kappa shape index (κ2) is 11.1. The zero-order chi connectivity index (χ0) is 20.3. The SMILES string of the molecule is COc1cc(CNCCCNCCO)ccc1Oc1nnnn1-c1ccccc1. The van der Waals surface area contributed by atoms with Gasteiger partial charge >= 0.3 is 6.01 Å². The summed E-state index contributed by atoms with van der Waals surface area (Å²) in [7, 11) is 1.60. The molecule has 0 radical (unpaired) electrons. The number of methoxy groups -OCH3 is 1. The summed E-state index contributed by atoms with van der Waals surface area (Å²) in [5, 5.41) is 26.9. The van der Waals surface area contributed by atoms with Crippen LogP contribution < -0.4 is 20.1 Å². The molecule has 29 heavy (non-hydrogen) atoms. The summed E-state index contributed by atoms with van der Waals surface area (Å²) in [6, 6.07) is 15.6. The normalized spacial score (nSPS) is 10.8. The van der Waals surface area contributed by atoms with Crippen molar-refractivity contribution < 1.29 is 14.6 Å². The van der Waals surface area contributed by atoms with Gasteiger partial charge in [0.15, 0.2) is 11.5 Å². The van der Waals surface area contributed by atoms with Crippen molar-refractivity contribution in [3.63, 3.8) is 0 Å². The monoisotopic (exact) mass is 398 g/mol. The number of ether oxygens (including phenoxy) is 2. The third-order valence-corrected chi connectivity index (χ3v) is 4.20. The maximum atomic E-state index is 8.73. The van der Waals surface area contributed by atoms with Crippen molar-refractivity contribution in [2.75, 3.05) is 33.4 Å². The molecule has 154 valence electrons. The van der Waals surface area contributed by atoms with Crippen LogP contribution in [0, 0.1) is 0 Å². The molecule has 3 aromatic rings. The molecule has 9 nitrogen and oxygen atoms in total. The fourth-order valence-electron chi connectivity index (χ4n) is 2.75. The van der Waals surface area contributed by atoms with Crippen molar-refractivity contribution in [2.24, 2.45) is 0 Å². The highest BCUT2D eigenvalue weighted by atomic mass is 16.5. The number of nitrogens with zero attached hydrogens (tertiary/aromatic N) is 4. The zero-order valence-electron chi connectivity index (χ0n) is 16.4. The van der Waals surface area contributed by atoms with E-state index in [-0.39, 0.29) is 12.6 Å². The lowest BCUT2D eigenvalue weighted by Crippen LogP contribution is -2.23. The number of para-hydroxylation sites is 1. The third kappa shape index (κ3) is 5.98. The Morgan fingerprint density at radius 1 is 1.00 bits per heavy atom. The van der Waals surface area contributed by atoms with Crippen molar-refractivity contribution in [3.05, 3.63) is 54.1 Å². The lowest BCUT2D eigenvalue weighted by atomic mass is 10.2. The van der Waals surface area contributed by atoms with E-state index in [4.69, 9.17) is 14.6 Å². The minimum atomic E-state index is 0.166. The van der Waals surface area contributed by atoms with E-state index in [1.807, 2.05) is 48.5 Å². The number of aliphatic hydroxyl groups excluding tert-OH is 1. The summed E-state index contributed by atoms with van der Waals surface area (Å²) in [6.07, 6.45) is 0.987. The Morgan fingerprint density at radius 2 is 1.83 bits per heavy atom. The quantitative estimate of drug-likeness (QED) is 0.394. The van der Waals surface area contributed by atoms with Crippen molar-refractivity contribution in [1.82, 2.24) is 30.8 Å². The molecule has 2 aromatic carbocycles. The Hall–Kier alpha value is -3.01. The summed E-state index contributed by atoms with van der Waals surface area (Å²) in [5.74, 6) is 1.15. The highest BCUT2D eigenvalue weighted by Gasteiger charge is 2.14. The van der Waals surface area contributed by atoms with E-state index in [1.165, 1.54) is 4.68 Å². The molecule has 1 heterocycles. The lowest BCUT2D eigenvalue weighted by molar-refractivity contribution is 0.292. The zero-order valence-corrected chi connectivity index (χ0v) is 16.4. The van der Waals surface area contributed by atoms with E-state index < -0.39 is 0 Å². The second-order valence-electron chi connectivity index (χ2n) is 6.30. The maximum absolute atomic E-state index is 8.73. The summed E-state index contributed by atoms with van der Waals surface area (Å²) in [5.41, 5.74) is 1.89. The van der Waals surface area contributed by atoms with Gasteiger partial charge in [0, 0.05) is 13.1 Å². The number of benzene rings is 2. The fourth-order valence-corrected chi connectivity index (χ4v) is 2.75. The van der Waals surface area contributed by atoms with Gasteiger partial charge in [-0.05, 0) is 59.8 Å². The van der Waals surface area contributed by atoms with Crippen molar-refractivity contribution in [1.29, 1.82) is 0 Å². The van der Waals surface area contributed by atoms with E-state index in [0.717, 1.165) is 37.3 Å². The number of hydrogen-bond donors (Lipinski definition) is 3. The van der Waals surface area contributed by atoms with Crippen LogP contribution in [-0.4, -0.2) is 58.7 Å². The van der Waals surface area contributed by atoms with Crippen LogP contribution in [0.4, 0.5) is 0 Å². The Kier molecular flexibility index (Phi) is 7.93. The maximum Gasteiger partial charge on any atom is 0.346 e. The average Bonchev–Trinajstić information content (AvgIpc) is 3.22. The van der Waals surface area contributed by atoms with Crippen LogP contribution in [0.3, 0.4) is 0 Å². The van der Waals surface area contributed by atoms with E-state index in [2.05, 4.69) is 26.2 Å². The van der Waals surface area contributed by atoms with Crippen LogP contribution in [-0.2, 0) is 6.54 Å². The van der Waals surface area contributed by atoms with Gasteiger partial charge < -0.3 is 25.2 Å². The molecule has 3 N–H and O–H groups in total. The Labute approximate surface area is 169 Å². The molecule has 9 heteroatoms. The first-order valence-corrected chi connectivity index (χ1v) is 9.52. The Bertz CT molecular complexity index is 872. The first-order valence-electron chi connectivity index (χ1n) is 9.52. The molecular weight excluding hydrogens is 372 g/mol. The molecule has 0 fully saturated rings.